The molecule has 142 valence electrons. The van der Waals surface area contributed by atoms with Gasteiger partial charge in [-0.2, -0.15) is 5.10 Å². The molecule has 10 heteroatoms. The number of aromatic nitrogens is 2. The number of aryl methyl sites for hydroxylation is 1. The van der Waals surface area contributed by atoms with E-state index in [-0.39, 0.29) is 30.0 Å². The Labute approximate surface area is 154 Å². The molecule has 2 N–H and O–H groups in total. The van der Waals surface area contributed by atoms with E-state index in [2.05, 4.69) is 15.7 Å². The SMILES string of the molecule is CCOC(=O)C1=C(COC(=O)c2cnn(C)c2)NC(=O)NC1c1ccco1. The molecule has 3 heterocycles. The normalized spacial score (nSPS) is 16.5. The summed E-state index contributed by atoms with van der Waals surface area (Å²) in [4.78, 5) is 36.6. The zero-order valence-electron chi connectivity index (χ0n) is 14.7. The molecule has 10 nitrogen and oxygen atoms in total. The third-order valence-electron chi connectivity index (χ3n) is 3.76. The van der Waals surface area contributed by atoms with E-state index in [0.717, 1.165) is 0 Å². The Morgan fingerprint density at radius 2 is 2.15 bits per heavy atom. The first-order valence-corrected chi connectivity index (χ1v) is 8.16. The lowest BCUT2D eigenvalue weighted by Crippen LogP contribution is -2.47. The summed E-state index contributed by atoms with van der Waals surface area (Å²) in [5.74, 6) is -0.941. The second-order valence-corrected chi connectivity index (χ2v) is 5.64. The maximum atomic E-state index is 12.5. The van der Waals surface area contributed by atoms with Crippen molar-refractivity contribution in [1.82, 2.24) is 20.4 Å². The number of ether oxygens (including phenoxy) is 2. The molecule has 0 aliphatic carbocycles. The third kappa shape index (κ3) is 4.00. The van der Waals surface area contributed by atoms with Crippen LogP contribution in [0, 0.1) is 0 Å². The molecular weight excluding hydrogens is 356 g/mol. The molecule has 1 atom stereocenters. The molecule has 1 aliphatic heterocycles. The van der Waals surface area contributed by atoms with Crippen LogP contribution >= 0.6 is 0 Å². The van der Waals surface area contributed by atoms with Gasteiger partial charge in [-0.05, 0) is 19.1 Å². The number of hydrogen-bond donors (Lipinski definition) is 2. The summed E-state index contributed by atoms with van der Waals surface area (Å²) in [6, 6.07) is 1.83. The molecule has 0 saturated carbocycles. The average Bonchev–Trinajstić information content (AvgIpc) is 3.31. The number of esters is 2. The van der Waals surface area contributed by atoms with Gasteiger partial charge in [-0.15, -0.1) is 0 Å². The highest BCUT2D eigenvalue weighted by Gasteiger charge is 2.35. The number of urea groups is 1. The van der Waals surface area contributed by atoms with Crippen LogP contribution in [0.25, 0.3) is 0 Å². The molecule has 2 aromatic heterocycles. The van der Waals surface area contributed by atoms with Crippen molar-refractivity contribution in [2.75, 3.05) is 13.2 Å². The molecule has 1 unspecified atom stereocenters. The Morgan fingerprint density at radius 3 is 2.78 bits per heavy atom. The minimum absolute atomic E-state index is 0.102. The van der Waals surface area contributed by atoms with Crippen LogP contribution in [0.2, 0.25) is 0 Å². The van der Waals surface area contributed by atoms with Gasteiger partial charge in [-0.25, -0.2) is 14.4 Å². The van der Waals surface area contributed by atoms with E-state index in [1.165, 1.54) is 23.3 Å². The van der Waals surface area contributed by atoms with E-state index in [0.29, 0.717) is 5.76 Å². The zero-order chi connectivity index (χ0) is 19.4. The van der Waals surface area contributed by atoms with E-state index in [1.807, 2.05) is 0 Å². The van der Waals surface area contributed by atoms with Crippen molar-refractivity contribution in [3.05, 3.63) is 53.4 Å². The van der Waals surface area contributed by atoms with Gasteiger partial charge in [-0.3, -0.25) is 4.68 Å². The fourth-order valence-electron chi connectivity index (χ4n) is 2.60. The highest BCUT2D eigenvalue weighted by molar-refractivity contribution is 5.95. The van der Waals surface area contributed by atoms with E-state index < -0.39 is 24.0 Å². The minimum Gasteiger partial charge on any atom is -0.467 e. The largest absolute Gasteiger partial charge is 0.467 e. The van der Waals surface area contributed by atoms with Crippen LogP contribution < -0.4 is 10.6 Å². The van der Waals surface area contributed by atoms with E-state index in [9.17, 15) is 14.4 Å². The average molecular weight is 374 g/mol. The number of nitrogens with zero attached hydrogens (tertiary/aromatic N) is 2. The lowest BCUT2D eigenvalue weighted by Gasteiger charge is -2.27. The first-order chi connectivity index (χ1) is 13.0. The molecule has 27 heavy (non-hydrogen) atoms. The highest BCUT2D eigenvalue weighted by Crippen LogP contribution is 2.28. The summed E-state index contributed by atoms with van der Waals surface area (Å²) in [7, 11) is 1.67. The van der Waals surface area contributed by atoms with Gasteiger partial charge in [0.25, 0.3) is 0 Å². The molecule has 0 radical (unpaired) electrons. The van der Waals surface area contributed by atoms with Gasteiger partial charge in [0.1, 0.15) is 18.4 Å². The fourth-order valence-corrected chi connectivity index (χ4v) is 2.60. The van der Waals surface area contributed by atoms with Crippen molar-refractivity contribution in [3.8, 4) is 0 Å². The Morgan fingerprint density at radius 1 is 1.33 bits per heavy atom. The molecule has 2 amide bonds. The van der Waals surface area contributed by atoms with Gasteiger partial charge in [0.15, 0.2) is 0 Å². The zero-order valence-corrected chi connectivity index (χ0v) is 14.7. The van der Waals surface area contributed by atoms with Crippen LogP contribution in [-0.4, -0.2) is 41.0 Å². The van der Waals surface area contributed by atoms with Crippen molar-refractivity contribution in [2.45, 2.75) is 13.0 Å². The Balaban J connectivity index is 1.88. The van der Waals surface area contributed by atoms with Crippen LogP contribution in [-0.2, 0) is 21.3 Å². The van der Waals surface area contributed by atoms with Gasteiger partial charge in [0.05, 0.1) is 35.9 Å². The van der Waals surface area contributed by atoms with Gasteiger partial charge >= 0.3 is 18.0 Å². The third-order valence-corrected chi connectivity index (χ3v) is 3.76. The summed E-state index contributed by atoms with van der Waals surface area (Å²) in [6.07, 6.45) is 4.28. The van der Waals surface area contributed by atoms with Crippen LogP contribution in [0.5, 0.6) is 0 Å². The van der Waals surface area contributed by atoms with Crippen molar-refractivity contribution >= 4 is 18.0 Å². The van der Waals surface area contributed by atoms with E-state index >= 15 is 0 Å². The molecular formula is C17H18N4O6. The molecule has 0 aromatic carbocycles. The molecule has 0 saturated heterocycles. The molecule has 0 bridgehead atoms. The number of carbonyl (C=O) groups excluding carboxylic acids is 3. The summed E-state index contributed by atoms with van der Waals surface area (Å²) >= 11 is 0. The van der Waals surface area contributed by atoms with Gasteiger partial charge in [-0.1, -0.05) is 0 Å². The monoisotopic (exact) mass is 374 g/mol. The maximum absolute atomic E-state index is 12.5. The van der Waals surface area contributed by atoms with Crippen LogP contribution in [0.15, 0.2) is 46.5 Å². The first kappa shape index (κ1) is 18.2. The highest BCUT2D eigenvalue weighted by atomic mass is 16.5. The maximum Gasteiger partial charge on any atom is 0.341 e. The topological polar surface area (TPSA) is 125 Å². The number of amides is 2. The molecule has 1 aliphatic rings. The fraction of sp³-hybridized carbons (Fsp3) is 0.294. The number of hydrogen-bond acceptors (Lipinski definition) is 7. The summed E-state index contributed by atoms with van der Waals surface area (Å²) in [5, 5.41) is 9.00. The van der Waals surface area contributed by atoms with Crippen LogP contribution in [0.3, 0.4) is 0 Å². The second-order valence-electron chi connectivity index (χ2n) is 5.64. The predicted molar refractivity (Wildman–Crippen MR) is 90.3 cm³/mol. The molecule has 2 aromatic rings. The number of carbonyl (C=O) groups is 3. The smallest absolute Gasteiger partial charge is 0.341 e. The van der Waals surface area contributed by atoms with E-state index in [1.54, 1.807) is 26.1 Å². The van der Waals surface area contributed by atoms with Gasteiger partial charge < -0.3 is 24.5 Å². The standard InChI is InChI=1S/C17H18N4O6/c1-3-25-16(23)13-11(9-27-15(22)10-7-18-21(2)8-10)19-17(24)20-14(13)12-5-4-6-26-12/h4-8,14H,3,9H2,1-2H3,(H2,19,20,24). The number of nitrogens with one attached hydrogen (secondary N) is 2. The van der Waals surface area contributed by atoms with E-state index in [4.69, 9.17) is 13.9 Å². The summed E-state index contributed by atoms with van der Waals surface area (Å²) in [5.41, 5.74) is 0.472. The number of rotatable bonds is 6. The summed E-state index contributed by atoms with van der Waals surface area (Å²) in [6.45, 7) is 1.48. The van der Waals surface area contributed by atoms with Crippen molar-refractivity contribution in [2.24, 2.45) is 7.05 Å². The Bertz CT molecular complexity index is 883. The van der Waals surface area contributed by atoms with Crippen molar-refractivity contribution in [3.63, 3.8) is 0 Å². The molecule has 3 rings (SSSR count). The minimum atomic E-state index is -0.861. The first-order valence-electron chi connectivity index (χ1n) is 8.16. The van der Waals surface area contributed by atoms with Crippen molar-refractivity contribution in [1.29, 1.82) is 0 Å². The molecule has 0 spiro atoms. The molecule has 0 fully saturated rings. The lowest BCUT2D eigenvalue weighted by molar-refractivity contribution is -0.139. The number of furan rings is 1. The van der Waals surface area contributed by atoms with Gasteiger partial charge in [0, 0.05) is 13.2 Å². The Kier molecular flexibility index (Phi) is 5.25. The van der Waals surface area contributed by atoms with Crippen LogP contribution in [0.4, 0.5) is 4.79 Å². The van der Waals surface area contributed by atoms with Gasteiger partial charge in [0.2, 0.25) is 0 Å². The van der Waals surface area contributed by atoms with Crippen LogP contribution in [0.1, 0.15) is 29.1 Å². The lowest BCUT2D eigenvalue weighted by atomic mass is 10.0. The second kappa shape index (κ2) is 7.77. The predicted octanol–water partition coefficient (Wildman–Crippen LogP) is 1.04. The van der Waals surface area contributed by atoms with Crippen molar-refractivity contribution < 1.29 is 28.3 Å². The summed E-state index contributed by atoms with van der Waals surface area (Å²) < 4.78 is 17.1. The quantitative estimate of drug-likeness (QED) is 0.724. The Hall–Kier alpha value is -3.56.